The van der Waals surface area contributed by atoms with Gasteiger partial charge in [0, 0.05) is 18.1 Å². The second kappa shape index (κ2) is 4.59. The summed E-state index contributed by atoms with van der Waals surface area (Å²) in [4.78, 5) is 13.8. The highest BCUT2D eigenvalue weighted by Crippen LogP contribution is 2.46. The van der Waals surface area contributed by atoms with Crippen LogP contribution in [0.5, 0.6) is 11.5 Å². The quantitative estimate of drug-likeness (QED) is 0.848. The molecule has 3 rings (SSSR count). The fourth-order valence-electron chi connectivity index (χ4n) is 3.20. The van der Waals surface area contributed by atoms with E-state index in [-0.39, 0.29) is 18.6 Å². The molecule has 1 aromatic rings. The van der Waals surface area contributed by atoms with Crippen LogP contribution in [-0.4, -0.2) is 30.3 Å². The molecule has 2 unspecified atom stereocenters. The number of amides is 2. The van der Waals surface area contributed by atoms with Crippen LogP contribution in [0, 0.1) is 19.3 Å². The normalized spacial score (nSPS) is 26.3. The molecule has 0 aromatic heterocycles. The van der Waals surface area contributed by atoms with Crippen molar-refractivity contribution < 1.29 is 14.3 Å². The summed E-state index contributed by atoms with van der Waals surface area (Å²) in [7, 11) is 1.62. The van der Waals surface area contributed by atoms with Gasteiger partial charge in [0.1, 0.15) is 11.5 Å². The third-order valence-corrected chi connectivity index (χ3v) is 4.18. The molecular formula is C16H18N2O3. The number of terminal acetylenes is 1. The molecule has 2 aliphatic rings. The lowest BCUT2D eigenvalue weighted by Gasteiger charge is -2.50. The fourth-order valence-corrected chi connectivity index (χ4v) is 3.20. The number of carbonyl (C=O) groups is 1. The van der Waals surface area contributed by atoms with Gasteiger partial charge >= 0.3 is 6.03 Å². The topological polar surface area (TPSA) is 50.8 Å². The predicted octanol–water partition coefficient (Wildman–Crippen LogP) is 2.20. The Balaban J connectivity index is 2.09. The number of ether oxygens (including phenoxy) is 2. The lowest BCUT2D eigenvalue weighted by atomic mass is 9.88. The average molecular weight is 286 g/mol. The molecule has 0 saturated carbocycles. The van der Waals surface area contributed by atoms with Gasteiger partial charge in [-0.3, -0.25) is 4.90 Å². The van der Waals surface area contributed by atoms with Crippen LogP contribution in [-0.2, 0) is 0 Å². The average Bonchev–Trinajstić information content (AvgIpc) is 2.42. The number of nitrogens with zero attached hydrogens (tertiary/aromatic N) is 1. The van der Waals surface area contributed by atoms with Crippen molar-refractivity contribution in [3.63, 3.8) is 0 Å². The summed E-state index contributed by atoms with van der Waals surface area (Å²) < 4.78 is 11.4. The largest absolute Gasteiger partial charge is 0.497 e. The molecule has 0 radical (unpaired) electrons. The van der Waals surface area contributed by atoms with Crippen molar-refractivity contribution in [3.05, 3.63) is 23.3 Å². The third-order valence-electron chi connectivity index (χ3n) is 4.18. The van der Waals surface area contributed by atoms with Gasteiger partial charge in [0.25, 0.3) is 0 Å². The van der Waals surface area contributed by atoms with Gasteiger partial charge in [-0.2, -0.15) is 0 Å². The van der Waals surface area contributed by atoms with E-state index in [4.69, 9.17) is 15.9 Å². The maximum Gasteiger partial charge on any atom is 0.321 e. The van der Waals surface area contributed by atoms with Crippen LogP contribution < -0.4 is 14.8 Å². The van der Waals surface area contributed by atoms with Crippen molar-refractivity contribution in [1.29, 1.82) is 0 Å². The van der Waals surface area contributed by atoms with Gasteiger partial charge in [0.05, 0.1) is 19.7 Å². The van der Waals surface area contributed by atoms with Crippen LogP contribution in [0.4, 0.5) is 4.79 Å². The highest BCUT2D eigenvalue weighted by molar-refractivity contribution is 5.78. The van der Waals surface area contributed by atoms with Gasteiger partial charge in [0.15, 0.2) is 5.72 Å². The summed E-state index contributed by atoms with van der Waals surface area (Å²) in [5, 5.41) is 3.01. The Morgan fingerprint density at radius 3 is 3.05 bits per heavy atom. The summed E-state index contributed by atoms with van der Waals surface area (Å²) in [6, 6.07) is 3.56. The molecule has 0 spiro atoms. The summed E-state index contributed by atoms with van der Waals surface area (Å²) in [6.45, 7) is 4.11. The maximum absolute atomic E-state index is 12.3. The number of rotatable bonds is 2. The predicted molar refractivity (Wildman–Crippen MR) is 78.2 cm³/mol. The smallest absolute Gasteiger partial charge is 0.321 e. The first kappa shape index (κ1) is 13.6. The van der Waals surface area contributed by atoms with Gasteiger partial charge in [-0.1, -0.05) is 5.92 Å². The van der Waals surface area contributed by atoms with Gasteiger partial charge in [-0.15, -0.1) is 6.42 Å². The summed E-state index contributed by atoms with van der Waals surface area (Å²) in [6.07, 6.45) is 6.03. The lowest BCUT2D eigenvalue weighted by molar-refractivity contribution is -0.0781. The van der Waals surface area contributed by atoms with Crippen LogP contribution in [0.25, 0.3) is 0 Å². The molecule has 2 atom stereocenters. The van der Waals surface area contributed by atoms with Crippen LogP contribution in [0.15, 0.2) is 12.1 Å². The number of aryl methyl sites for hydroxylation is 1. The minimum Gasteiger partial charge on any atom is -0.497 e. The molecule has 2 aliphatic heterocycles. The molecule has 2 heterocycles. The van der Waals surface area contributed by atoms with E-state index in [9.17, 15) is 4.79 Å². The minimum atomic E-state index is -0.731. The number of methoxy groups -OCH3 is 1. The maximum atomic E-state index is 12.3. The number of carbonyl (C=O) groups excluding carboxylic acids is 1. The number of benzene rings is 1. The van der Waals surface area contributed by atoms with E-state index in [0.29, 0.717) is 6.42 Å². The molecule has 21 heavy (non-hydrogen) atoms. The molecule has 1 N–H and O–H groups in total. The SMILES string of the molecule is C#CCN1C(=O)NC2CC1(C)Oc1cc(OC)cc(C)c12. The zero-order chi connectivity index (χ0) is 15.2. The van der Waals surface area contributed by atoms with Gasteiger partial charge in [0.2, 0.25) is 0 Å². The molecule has 2 bridgehead atoms. The highest BCUT2D eigenvalue weighted by atomic mass is 16.5. The van der Waals surface area contributed by atoms with Gasteiger partial charge in [-0.05, 0) is 25.5 Å². The molecular weight excluding hydrogens is 268 g/mol. The Bertz CT molecular complexity index is 650. The molecule has 5 nitrogen and oxygen atoms in total. The first-order valence-electron chi connectivity index (χ1n) is 6.87. The number of fused-ring (bicyclic) bond motifs is 4. The Morgan fingerprint density at radius 2 is 2.38 bits per heavy atom. The van der Waals surface area contributed by atoms with Crippen molar-refractivity contribution in [3.8, 4) is 23.8 Å². The molecule has 1 saturated heterocycles. The molecule has 5 heteroatoms. The van der Waals surface area contributed by atoms with Crippen molar-refractivity contribution in [2.75, 3.05) is 13.7 Å². The molecule has 1 fully saturated rings. The molecule has 2 amide bonds. The standard InChI is InChI=1S/C16H18N2O3/c1-5-6-18-15(19)17-12-9-16(18,3)21-13-8-11(20-4)7-10(2)14(12)13/h1,7-8,12H,6,9H2,2-4H3,(H,17,19). The minimum absolute atomic E-state index is 0.0637. The molecule has 0 aliphatic carbocycles. The molecule has 1 aromatic carbocycles. The van der Waals surface area contributed by atoms with E-state index in [1.807, 2.05) is 26.0 Å². The summed E-state index contributed by atoms with van der Waals surface area (Å²) >= 11 is 0. The van der Waals surface area contributed by atoms with E-state index in [1.165, 1.54) is 0 Å². The van der Waals surface area contributed by atoms with Crippen molar-refractivity contribution in [1.82, 2.24) is 10.2 Å². The number of hydrogen-bond donors (Lipinski definition) is 1. The first-order valence-corrected chi connectivity index (χ1v) is 6.87. The van der Waals surface area contributed by atoms with Crippen LogP contribution >= 0.6 is 0 Å². The van der Waals surface area contributed by atoms with E-state index < -0.39 is 5.72 Å². The first-order chi connectivity index (χ1) is 9.98. The van der Waals surface area contributed by atoms with Gasteiger partial charge < -0.3 is 14.8 Å². The van der Waals surface area contributed by atoms with E-state index >= 15 is 0 Å². The van der Waals surface area contributed by atoms with Crippen molar-refractivity contribution >= 4 is 6.03 Å². The second-order valence-corrected chi connectivity index (χ2v) is 5.63. The fraction of sp³-hybridized carbons (Fsp3) is 0.438. The zero-order valence-corrected chi connectivity index (χ0v) is 12.4. The van der Waals surface area contributed by atoms with Crippen molar-refractivity contribution in [2.45, 2.75) is 32.0 Å². The Hall–Kier alpha value is -2.35. The Labute approximate surface area is 124 Å². The van der Waals surface area contributed by atoms with E-state index in [2.05, 4.69) is 11.2 Å². The van der Waals surface area contributed by atoms with Crippen LogP contribution in [0.2, 0.25) is 0 Å². The third kappa shape index (κ3) is 1.99. The monoisotopic (exact) mass is 286 g/mol. The lowest BCUT2D eigenvalue weighted by Crippen LogP contribution is -2.64. The zero-order valence-electron chi connectivity index (χ0n) is 12.4. The van der Waals surface area contributed by atoms with E-state index in [0.717, 1.165) is 22.6 Å². The summed E-state index contributed by atoms with van der Waals surface area (Å²) in [5.41, 5.74) is 1.33. The number of urea groups is 1. The number of nitrogens with one attached hydrogen (secondary N) is 1. The molecule has 110 valence electrons. The van der Waals surface area contributed by atoms with Gasteiger partial charge in [-0.25, -0.2) is 4.79 Å². The Morgan fingerprint density at radius 1 is 1.62 bits per heavy atom. The van der Waals surface area contributed by atoms with Crippen molar-refractivity contribution in [2.24, 2.45) is 0 Å². The highest BCUT2D eigenvalue weighted by Gasteiger charge is 2.49. The van der Waals surface area contributed by atoms with Crippen LogP contribution in [0.3, 0.4) is 0 Å². The number of hydrogen-bond acceptors (Lipinski definition) is 3. The second-order valence-electron chi connectivity index (χ2n) is 5.63. The Kier molecular flexibility index (Phi) is 2.98. The summed E-state index contributed by atoms with van der Waals surface area (Å²) in [5.74, 6) is 4.00. The van der Waals surface area contributed by atoms with Crippen LogP contribution in [0.1, 0.15) is 30.5 Å². The van der Waals surface area contributed by atoms with E-state index in [1.54, 1.807) is 12.0 Å².